The Labute approximate surface area is 193 Å². The van der Waals surface area contributed by atoms with Crippen LogP contribution in [0, 0.1) is 5.41 Å². The van der Waals surface area contributed by atoms with Gasteiger partial charge in [-0.05, 0) is 45.9 Å². The van der Waals surface area contributed by atoms with Gasteiger partial charge in [0.1, 0.15) is 5.82 Å². The smallest absolute Gasteiger partial charge is 0.312 e. The largest absolute Gasteiger partial charge is 0.466 e. The number of esters is 1. The van der Waals surface area contributed by atoms with E-state index >= 15 is 0 Å². The number of aromatic nitrogens is 2. The van der Waals surface area contributed by atoms with Crippen molar-refractivity contribution >= 4 is 24.9 Å². The summed E-state index contributed by atoms with van der Waals surface area (Å²) in [7, 11) is -2.25. The minimum Gasteiger partial charge on any atom is -0.466 e. The highest BCUT2D eigenvalue weighted by Crippen LogP contribution is 2.65. The van der Waals surface area contributed by atoms with Crippen LogP contribution in [0.1, 0.15) is 50.3 Å². The van der Waals surface area contributed by atoms with E-state index in [1.54, 1.807) is 6.92 Å². The van der Waals surface area contributed by atoms with Crippen LogP contribution >= 0.6 is 7.14 Å². The summed E-state index contributed by atoms with van der Waals surface area (Å²) in [5.74, 6) is 0.633. The SMILES string of the molecule is CCOC(=O)C1(CC(F)F)CCN(c2nc3c(c(NCC4(P(C)(C)=O)CC4)n2)COC3)CC1. The molecule has 2 aliphatic heterocycles. The molecule has 0 aromatic carbocycles. The van der Waals surface area contributed by atoms with E-state index in [1.165, 1.54) is 0 Å². The number of nitrogens with one attached hydrogen (secondary N) is 1. The lowest BCUT2D eigenvalue weighted by molar-refractivity contribution is -0.159. The molecule has 11 heteroatoms. The van der Waals surface area contributed by atoms with Gasteiger partial charge in [-0.15, -0.1) is 0 Å². The number of fused-ring (bicyclic) bond motifs is 1. The first-order chi connectivity index (χ1) is 15.6. The predicted octanol–water partition coefficient (Wildman–Crippen LogP) is 3.88. The average molecular weight is 487 g/mol. The van der Waals surface area contributed by atoms with Gasteiger partial charge in [0.2, 0.25) is 12.4 Å². The first-order valence-electron chi connectivity index (χ1n) is 11.6. The van der Waals surface area contributed by atoms with Crippen LogP contribution in [0.3, 0.4) is 0 Å². The predicted molar refractivity (Wildman–Crippen MR) is 122 cm³/mol. The maximum atomic E-state index is 13.3. The minimum absolute atomic E-state index is 0.167. The van der Waals surface area contributed by atoms with Gasteiger partial charge in [0.05, 0.1) is 38.1 Å². The number of hydrogen-bond acceptors (Lipinski definition) is 8. The Morgan fingerprint density at radius 1 is 1.21 bits per heavy atom. The van der Waals surface area contributed by atoms with Crippen LogP contribution in [0.4, 0.5) is 20.5 Å². The zero-order valence-corrected chi connectivity index (χ0v) is 20.4. The number of rotatable bonds is 9. The van der Waals surface area contributed by atoms with Gasteiger partial charge < -0.3 is 24.3 Å². The summed E-state index contributed by atoms with van der Waals surface area (Å²) >= 11 is 0. The molecule has 2 fully saturated rings. The number of hydrogen-bond donors (Lipinski definition) is 1. The molecule has 0 radical (unpaired) electrons. The molecule has 3 aliphatic rings. The Kier molecular flexibility index (Phi) is 6.71. The van der Waals surface area contributed by atoms with E-state index in [0.29, 0.717) is 44.6 Å². The zero-order valence-electron chi connectivity index (χ0n) is 19.5. The normalized spacial score (nSPS) is 21.1. The van der Waals surface area contributed by atoms with Crippen LogP contribution in [0.2, 0.25) is 0 Å². The maximum Gasteiger partial charge on any atom is 0.312 e. The van der Waals surface area contributed by atoms with Gasteiger partial charge in [0, 0.05) is 36.8 Å². The third-order valence-electron chi connectivity index (χ3n) is 7.38. The van der Waals surface area contributed by atoms with Gasteiger partial charge in [0.15, 0.2) is 0 Å². The molecule has 184 valence electrons. The highest BCUT2D eigenvalue weighted by molar-refractivity contribution is 7.64. The van der Waals surface area contributed by atoms with Crippen molar-refractivity contribution in [1.29, 1.82) is 0 Å². The van der Waals surface area contributed by atoms with Crippen molar-refractivity contribution in [3.8, 4) is 0 Å². The lowest BCUT2D eigenvalue weighted by atomic mass is 9.75. The van der Waals surface area contributed by atoms with E-state index in [1.807, 2.05) is 18.2 Å². The van der Waals surface area contributed by atoms with Crippen LogP contribution in [-0.4, -0.2) is 67.1 Å². The van der Waals surface area contributed by atoms with Crippen molar-refractivity contribution in [2.24, 2.45) is 5.41 Å². The van der Waals surface area contributed by atoms with Crippen molar-refractivity contribution < 1.29 is 27.6 Å². The average Bonchev–Trinajstić information content (AvgIpc) is 3.41. The second-order valence-corrected chi connectivity index (χ2v) is 13.5. The van der Waals surface area contributed by atoms with E-state index in [0.717, 1.165) is 24.1 Å². The fourth-order valence-corrected chi connectivity index (χ4v) is 6.48. The molecule has 0 spiro atoms. The number of halogens is 2. The van der Waals surface area contributed by atoms with E-state index in [4.69, 9.17) is 14.5 Å². The molecule has 1 aromatic heterocycles. The van der Waals surface area contributed by atoms with Crippen LogP contribution in [0.5, 0.6) is 0 Å². The fraction of sp³-hybridized carbons (Fsp3) is 0.773. The number of nitrogens with zero attached hydrogens (tertiary/aromatic N) is 3. The Morgan fingerprint density at radius 2 is 1.91 bits per heavy atom. The maximum absolute atomic E-state index is 13.3. The highest BCUT2D eigenvalue weighted by atomic mass is 31.2. The van der Waals surface area contributed by atoms with Gasteiger partial charge in [0.25, 0.3) is 0 Å². The van der Waals surface area contributed by atoms with Crippen molar-refractivity contribution in [2.75, 3.05) is 49.8 Å². The quantitative estimate of drug-likeness (QED) is 0.415. The van der Waals surface area contributed by atoms with Crippen molar-refractivity contribution in [1.82, 2.24) is 9.97 Å². The molecule has 0 bridgehead atoms. The molecule has 4 rings (SSSR count). The number of anilines is 2. The van der Waals surface area contributed by atoms with Crippen molar-refractivity contribution in [3.63, 3.8) is 0 Å². The lowest BCUT2D eigenvalue weighted by Crippen LogP contribution is -2.46. The first kappa shape index (κ1) is 24.3. The third kappa shape index (κ3) is 4.87. The number of ether oxygens (including phenoxy) is 2. The highest BCUT2D eigenvalue weighted by Gasteiger charge is 2.52. The van der Waals surface area contributed by atoms with Crippen molar-refractivity contribution in [2.45, 2.75) is 63.8 Å². The van der Waals surface area contributed by atoms with E-state index in [-0.39, 0.29) is 24.6 Å². The Hall–Kier alpha value is -1.80. The van der Waals surface area contributed by atoms with Gasteiger partial charge >= 0.3 is 5.97 Å². The number of carbonyl (C=O) groups excluding carboxylic acids is 1. The summed E-state index contributed by atoms with van der Waals surface area (Å²) in [4.78, 5) is 23.9. The van der Waals surface area contributed by atoms with Crippen LogP contribution in [-0.2, 0) is 32.0 Å². The Bertz CT molecular complexity index is 943. The van der Waals surface area contributed by atoms with E-state index in [9.17, 15) is 18.1 Å². The van der Waals surface area contributed by atoms with Crippen molar-refractivity contribution in [3.05, 3.63) is 11.3 Å². The molecule has 1 aromatic rings. The summed E-state index contributed by atoms with van der Waals surface area (Å²) in [5, 5.41) is 3.23. The monoisotopic (exact) mass is 486 g/mol. The zero-order chi connectivity index (χ0) is 23.9. The van der Waals surface area contributed by atoms with E-state index < -0.39 is 31.4 Å². The molecule has 1 saturated carbocycles. The topological polar surface area (TPSA) is 93.7 Å². The molecule has 33 heavy (non-hydrogen) atoms. The fourth-order valence-electron chi connectivity index (χ4n) is 4.83. The Balaban J connectivity index is 1.51. The standard InChI is InChI=1S/C22H33F2N4O4P/c1-4-32-19(29)21(11-17(23)24)7-9-28(10-8-21)20-26-16-13-31-12-15(16)18(27-20)25-14-22(5-6-22)33(2,3)30/h17H,4-14H2,1-3H3,(H,25,26,27). The second-order valence-electron chi connectivity index (χ2n) is 9.80. The van der Waals surface area contributed by atoms with Gasteiger partial charge in [-0.2, -0.15) is 4.98 Å². The molecule has 1 aliphatic carbocycles. The molecule has 0 unspecified atom stereocenters. The lowest BCUT2D eigenvalue weighted by Gasteiger charge is -2.39. The molecule has 0 amide bonds. The molecular weight excluding hydrogens is 453 g/mol. The molecule has 1 saturated heterocycles. The Morgan fingerprint density at radius 3 is 2.48 bits per heavy atom. The van der Waals surface area contributed by atoms with E-state index in [2.05, 4.69) is 10.3 Å². The summed E-state index contributed by atoms with van der Waals surface area (Å²) in [6.45, 7) is 7.67. The molecule has 0 atom stereocenters. The van der Waals surface area contributed by atoms with Crippen LogP contribution in [0.25, 0.3) is 0 Å². The summed E-state index contributed by atoms with van der Waals surface area (Å²) in [6, 6.07) is 0. The first-order valence-corrected chi connectivity index (χ1v) is 14.2. The summed E-state index contributed by atoms with van der Waals surface area (Å²) in [5.41, 5.74) is 0.536. The van der Waals surface area contributed by atoms with Crippen LogP contribution < -0.4 is 10.2 Å². The minimum atomic E-state index is -2.58. The summed E-state index contributed by atoms with van der Waals surface area (Å²) in [6.07, 6.45) is -0.684. The van der Waals surface area contributed by atoms with Gasteiger partial charge in [-0.1, -0.05) is 0 Å². The third-order valence-corrected chi connectivity index (χ3v) is 10.3. The number of alkyl halides is 2. The number of carbonyl (C=O) groups is 1. The second kappa shape index (κ2) is 9.10. The molecule has 1 N–H and O–H groups in total. The van der Waals surface area contributed by atoms with Gasteiger partial charge in [-0.3, -0.25) is 4.79 Å². The summed E-state index contributed by atoms with van der Waals surface area (Å²) < 4.78 is 50.0. The number of piperidine rings is 1. The van der Waals surface area contributed by atoms with Gasteiger partial charge in [-0.25, -0.2) is 13.8 Å². The van der Waals surface area contributed by atoms with Crippen LogP contribution in [0.15, 0.2) is 0 Å². The molecule has 3 heterocycles. The molecular formula is C22H33F2N4O4P. The molecule has 8 nitrogen and oxygen atoms in total.